The molecule has 1 aliphatic rings. The summed E-state index contributed by atoms with van der Waals surface area (Å²) in [5, 5.41) is 0. The summed E-state index contributed by atoms with van der Waals surface area (Å²) in [6.45, 7) is 0.581. The largest absolute Gasteiger partial charge is 0.363 e. The highest BCUT2D eigenvalue weighted by atomic mass is 32.2. The number of benzene rings is 1. The molecule has 0 aliphatic carbocycles. The number of fused-ring (bicyclic) bond motifs is 1. The van der Waals surface area contributed by atoms with Gasteiger partial charge in [-0.2, -0.15) is 0 Å². The lowest BCUT2D eigenvalue weighted by Crippen LogP contribution is -2.32. The molecule has 6 heteroatoms. The summed E-state index contributed by atoms with van der Waals surface area (Å²) in [5.41, 5.74) is 1.16. The Kier molecular flexibility index (Phi) is 4.52. The number of aromatic nitrogens is 1. The third-order valence-corrected chi connectivity index (χ3v) is 4.84. The summed E-state index contributed by atoms with van der Waals surface area (Å²) in [6, 6.07) is 8.20. The number of carbonyl (C=O) groups excluding carboxylic acids is 1. The van der Waals surface area contributed by atoms with E-state index in [4.69, 9.17) is 0 Å². The molecule has 0 N–H and O–H groups in total. The standard InChI is InChI=1S/C17H18FN3OS/c1-20(2)16-7-4-12(11-19-16)17(22)21-8-3-9-23-15-6-5-13(18)10-14(15)21/h4-7,10-11H,3,8-9H2,1-2H3. The Morgan fingerprint density at radius 2 is 2.13 bits per heavy atom. The molecule has 1 aromatic carbocycles. The number of hydrogen-bond acceptors (Lipinski definition) is 4. The van der Waals surface area contributed by atoms with Crippen LogP contribution in [0, 0.1) is 5.82 Å². The van der Waals surface area contributed by atoms with E-state index in [2.05, 4.69) is 4.98 Å². The lowest BCUT2D eigenvalue weighted by atomic mass is 10.2. The monoisotopic (exact) mass is 331 g/mol. The molecule has 1 amide bonds. The van der Waals surface area contributed by atoms with E-state index in [0.717, 1.165) is 22.9 Å². The highest BCUT2D eigenvalue weighted by Crippen LogP contribution is 2.35. The molecular weight excluding hydrogens is 313 g/mol. The quantitative estimate of drug-likeness (QED) is 0.845. The van der Waals surface area contributed by atoms with Crippen LogP contribution in [0.5, 0.6) is 0 Å². The fourth-order valence-corrected chi connectivity index (χ4v) is 3.47. The molecule has 1 aromatic heterocycles. The number of amides is 1. The second-order valence-corrected chi connectivity index (χ2v) is 6.71. The van der Waals surface area contributed by atoms with Crippen molar-refractivity contribution in [3.8, 4) is 0 Å². The van der Waals surface area contributed by atoms with E-state index in [1.807, 2.05) is 25.1 Å². The maximum atomic E-state index is 13.6. The first-order chi connectivity index (χ1) is 11.1. The molecule has 23 heavy (non-hydrogen) atoms. The van der Waals surface area contributed by atoms with Crippen molar-refractivity contribution in [2.45, 2.75) is 11.3 Å². The predicted octanol–water partition coefficient (Wildman–Crippen LogP) is 3.43. The third kappa shape index (κ3) is 3.32. The fourth-order valence-electron chi connectivity index (χ4n) is 2.49. The summed E-state index contributed by atoms with van der Waals surface area (Å²) in [5.74, 6) is 1.24. The molecule has 0 spiro atoms. The fraction of sp³-hybridized carbons (Fsp3) is 0.294. The van der Waals surface area contributed by atoms with Crippen LogP contribution in [-0.2, 0) is 0 Å². The number of halogens is 1. The first-order valence-electron chi connectivity index (χ1n) is 7.44. The smallest absolute Gasteiger partial charge is 0.259 e. The summed E-state index contributed by atoms with van der Waals surface area (Å²) in [7, 11) is 3.80. The van der Waals surface area contributed by atoms with Gasteiger partial charge >= 0.3 is 0 Å². The number of anilines is 2. The SMILES string of the molecule is CN(C)c1ccc(C(=O)N2CCCSc3ccc(F)cc32)cn1. The summed E-state index contributed by atoms with van der Waals surface area (Å²) in [4.78, 5) is 21.6. The van der Waals surface area contributed by atoms with Gasteiger partial charge in [0.1, 0.15) is 11.6 Å². The van der Waals surface area contributed by atoms with Crippen molar-refractivity contribution < 1.29 is 9.18 Å². The lowest BCUT2D eigenvalue weighted by Gasteiger charge is -2.23. The van der Waals surface area contributed by atoms with Crippen LogP contribution in [0.4, 0.5) is 15.9 Å². The van der Waals surface area contributed by atoms with E-state index in [1.165, 1.54) is 12.1 Å². The van der Waals surface area contributed by atoms with Crippen molar-refractivity contribution in [2.75, 3.05) is 36.2 Å². The van der Waals surface area contributed by atoms with Gasteiger partial charge in [0.25, 0.3) is 5.91 Å². The molecule has 3 rings (SSSR count). The van der Waals surface area contributed by atoms with Crippen LogP contribution in [0.25, 0.3) is 0 Å². The van der Waals surface area contributed by atoms with Crippen molar-refractivity contribution in [3.63, 3.8) is 0 Å². The molecule has 2 aromatic rings. The third-order valence-electron chi connectivity index (χ3n) is 3.69. The molecule has 4 nitrogen and oxygen atoms in total. The minimum Gasteiger partial charge on any atom is -0.363 e. The van der Waals surface area contributed by atoms with Crippen LogP contribution >= 0.6 is 11.8 Å². The molecule has 2 heterocycles. The van der Waals surface area contributed by atoms with Gasteiger partial charge in [0.15, 0.2) is 0 Å². The minimum absolute atomic E-state index is 0.142. The van der Waals surface area contributed by atoms with Crippen LogP contribution < -0.4 is 9.80 Å². The van der Waals surface area contributed by atoms with Crippen LogP contribution in [0.15, 0.2) is 41.4 Å². The summed E-state index contributed by atoms with van der Waals surface area (Å²) >= 11 is 1.66. The van der Waals surface area contributed by atoms with Crippen molar-refractivity contribution in [1.82, 2.24) is 4.98 Å². The van der Waals surface area contributed by atoms with Crippen molar-refractivity contribution in [2.24, 2.45) is 0 Å². The number of carbonyl (C=O) groups is 1. The molecule has 0 atom stereocenters. The van der Waals surface area contributed by atoms with E-state index in [-0.39, 0.29) is 11.7 Å². The van der Waals surface area contributed by atoms with E-state index < -0.39 is 0 Å². The van der Waals surface area contributed by atoms with Crippen LogP contribution in [0.3, 0.4) is 0 Å². The summed E-state index contributed by atoms with van der Waals surface area (Å²) in [6.07, 6.45) is 2.45. The maximum Gasteiger partial charge on any atom is 0.259 e. The van der Waals surface area contributed by atoms with E-state index in [9.17, 15) is 9.18 Å². The van der Waals surface area contributed by atoms with Crippen molar-refractivity contribution >= 4 is 29.2 Å². The minimum atomic E-state index is -0.329. The van der Waals surface area contributed by atoms with Gasteiger partial charge in [-0.15, -0.1) is 11.8 Å². The zero-order chi connectivity index (χ0) is 16.4. The van der Waals surface area contributed by atoms with Crippen molar-refractivity contribution in [3.05, 3.63) is 47.9 Å². The Labute approximate surface area is 139 Å². The van der Waals surface area contributed by atoms with Gasteiger partial charge in [-0.1, -0.05) is 0 Å². The number of pyridine rings is 1. The Morgan fingerprint density at radius 3 is 2.83 bits per heavy atom. The molecule has 0 bridgehead atoms. The maximum absolute atomic E-state index is 13.6. The highest BCUT2D eigenvalue weighted by Gasteiger charge is 2.23. The molecular formula is C17H18FN3OS. The Bertz CT molecular complexity index is 718. The van der Waals surface area contributed by atoms with Gasteiger partial charge in [-0.05, 0) is 42.5 Å². The van der Waals surface area contributed by atoms with Gasteiger partial charge < -0.3 is 9.80 Å². The number of hydrogen-bond donors (Lipinski definition) is 0. The molecule has 0 fully saturated rings. The van der Waals surface area contributed by atoms with Gasteiger partial charge in [-0.3, -0.25) is 4.79 Å². The number of nitrogens with zero attached hydrogens (tertiary/aromatic N) is 3. The zero-order valence-electron chi connectivity index (χ0n) is 13.1. The molecule has 0 saturated heterocycles. The van der Waals surface area contributed by atoms with Gasteiger partial charge in [-0.25, -0.2) is 9.37 Å². The second-order valence-electron chi connectivity index (χ2n) is 5.57. The normalized spacial score (nSPS) is 14.1. The Balaban J connectivity index is 1.94. The summed E-state index contributed by atoms with van der Waals surface area (Å²) < 4.78 is 13.6. The molecule has 0 saturated carbocycles. The Morgan fingerprint density at radius 1 is 1.30 bits per heavy atom. The average Bonchev–Trinajstić information content (AvgIpc) is 2.76. The number of rotatable bonds is 2. The topological polar surface area (TPSA) is 36.4 Å². The second kappa shape index (κ2) is 6.58. The Hall–Kier alpha value is -2.08. The van der Waals surface area contributed by atoms with Crippen molar-refractivity contribution in [1.29, 1.82) is 0 Å². The highest BCUT2D eigenvalue weighted by molar-refractivity contribution is 7.99. The molecule has 0 radical (unpaired) electrons. The molecule has 120 valence electrons. The van der Waals surface area contributed by atoms with Gasteiger partial charge in [0.2, 0.25) is 0 Å². The predicted molar refractivity (Wildman–Crippen MR) is 92.0 cm³/mol. The van der Waals surface area contributed by atoms with Crippen LogP contribution in [-0.4, -0.2) is 37.3 Å². The van der Waals surface area contributed by atoms with Crippen LogP contribution in [0.1, 0.15) is 16.8 Å². The average molecular weight is 331 g/mol. The van der Waals surface area contributed by atoms with E-state index in [0.29, 0.717) is 17.8 Å². The van der Waals surface area contributed by atoms with E-state index in [1.54, 1.807) is 35.0 Å². The van der Waals surface area contributed by atoms with E-state index >= 15 is 0 Å². The van der Waals surface area contributed by atoms with Gasteiger partial charge in [0.05, 0.1) is 11.3 Å². The molecule has 1 aliphatic heterocycles. The first-order valence-corrected chi connectivity index (χ1v) is 8.42. The number of thioether (sulfide) groups is 1. The first kappa shape index (κ1) is 15.8. The van der Waals surface area contributed by atoms with Gasteiger partial charge in [0, 0.05) is 31.7 Å². The lowest BCUT2D eigenvalue weighted by molar-refractivity contribution is 0.0986. The van der Waals surface area contributed by atoms with Crippen LogP contribution in [0.2, 0.25) is 0 Å². The zero-order valence-corrected chi connectivity index (χ0v) is 13.9. The molecule has 0 unspecified atom stereocenters.